The SMILES string of the molecule is CSNc1cc([C@@H](O)CNC(C)(C)Cc2cccc(CC(=O)N(C)Cc3cccc4cc(O)ccc34)c2)ccc1O. The summed E-state index contributed by atoms with van der Waals surface area (Å²) >= 11 is 1.38. The molecular weight excluding hydrogens is 534 g/mol. The van der Waals surface area contributed by atoms with Crippen molar-refractivity contribution in [3.8, 4) is 11.5 Å². The number of nitrogens with zero attached hydrogens (tertiary/aromatic N) is 1. The maximum absolute atomic E-state index is 13.1. The van der Waals surface area contributed by atoms with Crippen LogP contribution in [0, 0.1) is 0 Å². The quantitative estimate of drug-likeness (QED) is 0.108. The molecule has 7 nitrogen and oxygen atoms in total. The lowest BCUT2D eigenvalue weighted by Gasteiger charge is -2.28. The molecule has 0 bridgehead atoms. The smallest absolute Gasteiger partial charge is 0.227 e. The van der Waals surface area contributed by atoms with Gasteiger partial charge in [-0.1, -0.05) is 66.5 Å². The third-order valence-electron chi connectivity index (χ3n) is 7.17. The number of hydrogen-bond donors (Lipinski definition) is 5. The highest BCUT2D eigenvalue weighted by molar-refractivity contribution is 7.99. The highest BCUT2D eigenvalue weighted by atomic mass is 32.2. The molecule has 0 spiro atoms. The van der Waals surface area contributed by atoms with Crippen LogP contribution < -0.4 is 10.0 Å². The Morgan fingerprint density at radius 1 is 0.976 bits per heavy atom. The number of aliphatic hydroxyl groups excluding tert-OH is 1. The second kappa shape index (κ2) is 13.3. The van der Waals surface area contributed by atoms with Gasteiger partial charge in [-0.3, -0.25) is 4.79 Å². The molecule has 5 N–H and O–H groups in total. The zero-order chi connectivity index (χ0) is 29.6. The molecule has 0 heterocycles. The number of likely N-dealkylation sites (N-methyl/N-ethyl adjacent to an activating group) is 1. The summed E-state index contributed by atoms with van der Waals surface area (Å²) < 4.78 is 3.02. The largest absolute Gasteiger partial charge is 0.508 e. The van der Waals surface area contributed by atoms with Gasteiger partial charge in [-0.2, -0.15) is 0 Å². The van der Waals surface area contributed by atoms with E-state index in [1.165, 1.54) is 11.9 Å². The van der Waals surface area contributed by atoms with E-state index >= 15 is 0 Å². The highest BCUT2D eigenvalue weighted by Gasteiger charge is 2.21. The van der Waals surface area contributed by atoms with E-state index in [-0.39, 0.29) is 22.9 Å². The number of nitrogens with one attached hydrogen (secondary N) is 2. The minimum absolute atomic E-state index is 0.0302. The number of β-amino-alcohol motifs (C(OH)–C–C–N with tert-alkyl or cyclic N) is 1. The number of rotatable bonds is 12. The van der Waals surface area contributed by atoms with E-state index in [0.717, 1.165) is 33.9 Å². The Bertz CT molecular complexity index is 1510. The molecule has 8 heteroatoms. The summed E-state index contributed by atoms with van der Waals surface area (Å²) in [6.45, 7) is 5.02. The maximum atomic E-state index is 13.1. The topological polar surface area (TPSA) is 105 Å². The van der Waals surface area contributed by atoms with Crippen molar-refractivity contribution in [2.75, 3.05) is 24.6 Å². The van der Waals surface area contributed by atoms with Crippen LogP contribution in [0.15, 0.2) is 78.9 Å². The molecule has 41 heavy (non-hydrogen) atoms. The van der Waals surface area contributed by atoms with Crippen LogP contribution in [0.25, 0.3) is 10.8 Å². The molecule has 0 saturated carbocycles. The second-order valence-corrected chi connectivity index (χ2v) is 11.7. The number of phenols is 2. The van der Waals surface area contributed by atoms with Crippen LogP contribution in [-0.2, 0) is 24.2 Å². The van der Waals surface area contributed by atoms with E-state index in [4.69, 9.17) is 0 Å². The van der Waals surface area contributed by atoms with Gasteiger partial charge in [0.05, 0.1) is 18.2 Å². The van der Waals surface area contributed by atoms with Gasteiger partial charge in [-0.05, 0) is 77.6 Å². The molecule has 4 aromatic carbocycles. The molecule has 4 rings (SSSR count). The Kier molecular flexibility index (Phi) is 9.81. The minimum Gasteiger partial charge on any atom is -0.508 e. The Balaban J connectivity index is 1.34. The van der Waals surface area contributed by atoms with Gasteiger partial charge in [0.15, 0.2) is 0 Å². The molecule has 216 valence electrons. The molecule has 4 aromatic rings. The van der Waals surface area contributed by atoms with Crippen LogP contribution in [0.4, 0.5) is 5.69 Å². The first-order chi connectivity index (χ1) is 19.5. The maximum Gasteiger partial charge on any atom is 0.227 e. The van der Waals surface area contributed by atoms with Gasteiger partial charge in [-0.25, -0.2) is 0 Å². The molecule has 0 aliphatic rings. The van der Waals surface area contributed by atoms with Crippen LogP contribution >= 0.6 is 11.9 Å². The van der Waals surface area contributed by atoms with E-state index in [1.807, 2.05) is 49.7 Å². The number of amides is 1. The fourth-order valence-corrected chi connectivity index (χ4v) is 5.38. The molecule has 0 radical (unpaired) electrons. The minimum atomic E-state index is -0.732. The zero-order valence-electron chi connectivity index (χ0n) is 24.0. The standard InChI is InChI=1S/C33H39N3O4S/c1-33(2,34-20-31(39)25-11-14-30(38)29(18-25)35-41-4)19-23-8-5-7-22(15-23)16-32(40)36(3)21-26-10-6-9-24-17-27(37)12-13-28(24)26/h5-15,17-18,31,34-35,37-39H,16,19-21H2,1-4H3/t31-/m0/s1. The van der Waals surface area contributed by atoms with E-state index < -0.39 is 6.10 Å². The van der Waals surface area contributed by atoms with Gasteiger partial charge in [0.25, 0.3) is 0 Å². The van der Waals surface area contributed by atoms with Crippen molar-refractivity contribution < 1.29 is 20.1 Å². The predicted octanol–water partition coefficient (Wildman–Crippen LogP) is 5.79. The van der Waals surface area contributed by atoms with Crippen molar-refractivity contribution in [1.29, 1.82) is 0 Å². The normalized spacial score (nSPS) is 12.3. The second-order valence-electron chi connectivity index (χ2n) is 11.1. The van der Waals surface area contributed by atoms with Crippen LogP contribution in [0.5, 0.6) is 11.5 Å². The summed E-state index contributed by atoms with van der Waals surface area (Å²) in [6.07, 6.45) is 2.16. The van der Waals surface area contributed by atoms with Gasteiger partial charge < -0.3 is 30.3 Å². The van der Waals surface area contributed by atoms with Crippen molar-refractivity contribution in [3.63, 3.8) is 0 Å². The van der Waals surface area contributed by atoms with Gasteiger partial charge in [0.1, 0.15) is 11.5 Å². The predicted molar refractivity (Wildman–Crippen MR) is 168 cm³/mol. The third kappa shape index (κ3) is 8.16. The van der Waals surface area contributed by atoms with E-state index in [1.54, 1.807) is 35.2 Å². The van der Waals surface area contributed by atoms with E-state index in [9.17, 15) is 20.1 Å². The first-order valence-corrected chi connectivity index (χ1v) is 14.8. The molecule has 0 aliphatic carbocycles. The Morgan fingerprint density at radius 2 is 1.73 bits per heavy atom. The van der Waals surface area contributed by atoms with Gasteiger partial charge >= 0.3 is 0 Å². The van der Waals surface area contributed by atoms with Crippen LogP contribution in [0.3, 0.4) is 0 Å². The Hall–Kier alpha value is -3.72. The average molecular weight is 574 g/mol. The lowest BCUT2D eigenvalue weighted by Crippen LogP contribution is -2.43. The zero-order valence-corrected chi connectivity index (χ0v) is 24.8. The molecule has 1 atom stereocenters. The molecular formula is C33H39N3O4S. The van der Waals surface area contributed by atoms with Crippen LogP contribution in [0.2, 0.25) is 0 Å². The van der Waals surface area contributed by atoms with Crippen LogP contribution in [-0.4, -0.2) is 51.5 Å². The summed E-state index contributed by atoms with van der Waals surface area (Å²) in [5.41, 5.74) is 4.08. The Morgan fingerprint density at radius 3 is 2.51 bits per heavy atom. The fraction of sp³-hybridized carbons (Fsp3) is 0.303. The summed E-state index contributed by atoms with van der Waals surface area (Å²) in [5.74, 6) is 0.397. The number of phenolic OH excluding ortho intramolecular Hbond substituents is 2. The summed E-state index contributed by atoms with van der Waals surface area (Å²) in [4.78, 5) is 14.9. The number of anilines is 1. The fourth-order valence-electron chi connectivity index (χ4n) is 5.00. The molecule has 1 amide bonds. The van der Waals surface area contributed by atoms with Crippen molar-refractivity contribution in [3.05, 3.63) is 101 Å². The number of aromatic hydroxyl groups is 2. The van der Waals surface area contributed by atoms with Crippen LogP contribution in [0.1, 0.15) is 42.2 Å². The summed E-state index contributed by atoms with van der Waals surface area (Å²) in [6, 6.07) is 24.4. The number of fused-ring (bicyclic) bond motifs is 1. The molecule has 0 unspecified atom stereocenters. The molecule has 0 aliphatic heterocycles. The first kappa shape index (κ1) is 30.2. The van der Waals surface area contributed by atoms with Crippen molar-refractivity contribution in [2.45, 2.75) is 44.9 Å². The monoisotopic (exact) mass is 573 g/mol. The van der Waals surface area contributed by atoms with Crippen molar-refractivity contribution in [1.82, 2.24) is 10.2 Å². The number of aliphatic hydroxyl groups is 1. The molecule has 0 saturated heterocycles. The van der Waals surface area contributed by atoms with E-state index in [2.05, 4.69) is 36.0 Å². The third-order valence-corrected chi connectivity index (χ3v) is 7.60. The van der Waals surface area contributed by atoms with Gasteiger partial charge in [0, 0.05) is 31.9 Å². The van der Waals surface area contributed by atoms with E-state index in [0.29, 0.717) is 30.8 Å². The summed E-state index contributed by atoms with van der Waals surface area (Å²) in [7, 11) is 1.82. The number of carbonyl (C=O) groups excluding carboxylic acids is 1. The van der Waals surface area contributed by atoms with Gasteiger partial charge in [-0.15, -0.1) is 0 Å². The lowest BCUT2D eigenvalue weighted by molar-refractivity contribution is -0.129. The molecule has 0 fully saturated rings. The molecule has 0 aromatic heterocycles. The van der Waals surface area contributed by atoms with Crippen molar-refractivity contribution in [2.24, 2.45) is 0 Å². The number of benzene rings is 4. The first-order valence-electron chi connectivity index (χ1n) is 13.6. The number of hydrogen-bond acceptors (Lipinski definition) is 7. The average Bonchev–Trinajstić information content (AvgIpc) is 2.93. The van der Waals surface area contributed by atoms with Gasteiger partial charge in [0.2, 0.25) is 5.91 Å². The Labute approximate surface area is 246 Å². The highest BCUT2D eigenvalue weighted by Crippen LogP contribution is 2.29. The lowest BCUT2D eigenvalue weighted by atomic mass is 9.93. The summed E-state index contributed by atoms with van der Waals surface area (Å²) in [5, 5.41) is 36.0. The number of carbonyl (C=O) groups is 1. The van der Waals surface area contributed by atoms with Crippen molar-refractivity contribution >= 4 is 34.3 Å².